The van der Waals surface area contributed by atoms with Crippen molar-refractivity contribution in [1.82, 2.24) is 0 Å². The van der Waals surface area contributed by atoms with E-state index in [2.05, 4.69) is 13.8 Å². The van der Waals surface area contributed by atoms with E-state index >= 15 is 0 Å². The van der Waals surface area contributed by atoms with Gasteiger partial charge in [-0.25, -0.2) is 0 Å². The summed E-state index contributed by atoms with van der Waals surface area (Å²) in [5, 5.41) is 0. The van der Waals surface area contributed by atoms with Crippen molar-refractivity contribution in [2.75, 3.05) is 0 Å². The van der Waals surface area contributed by atoms with Gasteiger partial charge in [0.15, 0.2) is 0 Å². The summed E-state index contributed by atoms with van der Waals surface area (Å²) in [4.78, 5) is 22.9. The fraction of sp³-hybridized carbons (Fsp3) is 0.875. The molecule has 3 heteroatoms. The topological polar surface area (TPSA) is 43.4 Å². The Morgan fingerprint density at radius 2 is 1.63 bits per heavy atom. The van der Waals surface area contributed by atoms with E-state index in [9.17, 15) is 9.59 Å². The van der Waals surface area contributed by atoms with Crippen LogP contribution in [0, 0.1) is 11.8 Å². The van der Waals surface area contributed by atoms with Gasteiger partial charge in [0.25, 0.3) is 0 Å². The molecule has 0 aromatic heterocycles. The molecule has 2 atom stereocenters. The maximum Gasteiger partial charge on any atom is 0.317 e. The van der Waals surface area contributed by atoms with E-state index in [1.54, 1.807) is 0 Å². The predicted octanol–water partition coefficient (Wildman–Crippen LogP) is 4.24. The zero-order chi connectivity index (χ0) is 14.1. The largest absolute Gasteiger partial charge is 0.393 e. The van der Waals surface area contributed by atoms with Crippen LogP contribution in [0.4, 0.5) is 0 Å². The van der Waals surface area contributed by atoms with E-state index in [-0.39, 0.29) is 17.9 Å². The first-order chi connectivity index (χ1) is 9.19. The average molecular weight is 268 g/mol. The summed E-state index contributed by atoms with van der Waals surface area (Å²) in [7, 11) is 0. The molecule has 1 rings (SSSR count). The maximum absolute atomic E-state index is 11.7. The SMILES string of the molecule is CCCCCCCC(CCCC)C1CC(=O)OC1=O. The van der Waals surface area contributed by atoms with E-state index in [0.29, 0.717) is 12.3 Å². The van der Waals surface area contributed by atoms with Crippen LogP contribution in [0.3, 0.4) is 0 Å². The van der Waals surface area contributed by atoms with Crippen molar-refractivity contribution in [1.29, 1.82) is 0 Å². The third kappa shape index (κ3) is 5.75. The van der Waals surface area contributed by atoms with Crippen molar-refractivity contribution in [3.05, 3.63) is 0 Å². The first-order valence-corrected chi connectivity index (χ1v) is 7.93. The lowest BCUT2D eigenvalue weighted by Crippen LogP contribution is -2.19. The van der Waals surface area contributed by atoms with Gasteiger partial charge in [-0.15, -0.1) is 0 Å². The summed E-state index contributed by atoms with van der Waals surface area (Å²) in [6.45, 7) is 4.38. The maximum atomic E-state index is 11.7. The number of hydrogen-bond acceptors (Lipinski definition) is 3. The van der Waals surface area contributed by atoms with Gasteiger partial charge in [-0.05, 0) is 18.8 Å². The zero-order valence-electron chi connectivity index (χ0n) is 12.5. The number of esters is 2. The third-order valence-corrected chi connectivity index (χ3v) is 4.08. The Bertz CT molecular complexity index is 286. The highest BCUT2D eigenvalue weighted by Crippen LogP contribution is 2.32. The van der Waals surface area contributed by atoms with Gasteiger partial charge in [-0.3, -0.25) is 9.59 Å². The molecular weight excluding hydrogens is 240 g/mol. The van der Waals surface area contributed by atoms with Crippen LogP contribution in [0.15, 0.2) is 0 Å². The molecule has 0 spiro atoms. The van der Waals surface area contributed by atoms with Crippen molar-refractivity contribution in [2.45, 2.75) is 78.1 Å². The van der Waals surface area contributed by atoms with Crippen molar-refractivity contribution in [3.63, 3.8) is 0 Å². The predicted molar refractivity (Wildman–Crippen MR) is 75.6 cm³/mol. The highest BCUT2D eigenvalue weighted by Gasteiger charge is 2.38. The highest BCUT2D eigenvalue weighted by molar-refractivity contribution is 5.94. The summed E-state index contributed by atoms with van der Waals surface area (Å²) in [5.74, 6) is -0.423. The van der Waals surface area contributed by atoms with Crippen molar-refractivity contribution in [2.24, 2.45) is 11.8 Å². The molecule has 1 heterocycles. The van der Waals surface area contributed by atoms with Crippen molar-refractivity contribution in [3.8, 4) is 0 Å². The molecule has 0 saturated carbocycles. The minimum absolute atomic E-state index is 0.162. The van der Waals surface area contributed by atoms with Gasteiger partial charge in [-0.2, -0.15) is 0 Å². The lowest BCUT2D eigenvalue weighted by molar-refractivity contribution is -0.153. The molecule has 1 saturated heterocycles. The summed E-state index contributed by atoms with van der Waals surface area (Å²) >= 11 is 0. The van der Waals surface area contributed by atoms with Crippen molar-refractivity contribution >= 4 is 11.9 Å². The molecule has 2 unspecified atom stereocenters. The first-order valence-electron chi connectivity index (χ1n) is 7.93. The van der Waals surface area contributed by atoms with Crippen molar-refractivity contribution < 1.29 is 14.3 Å². The second-order valence-corrected chi connectivity index (χ2v) is 5.71. The quantitative estimate of drug-likeness (QED) is 0.338. The van der Waals surface area contributed by atoms with Gasteiger partial charge in [0, 0.05) is 0 Å². The Morgan fingerprint density at radius 1 is 1.00 bits per heavy atom. The third-order valence-electron chi connectivity index (χ3n) is 4.08. The Balaban J connectivity index is 2.38. The first kappa shape index (κ1) is 16.2. The van der Waals surface area contributed by atoms with Crippen LogP contribution in [-0.4, -0.2) is 11.9 Å². The molecule has 1 aliphatic heterocycles. The molecule has 0 radical (unpaired) electrons. The van der Waals surface area contributed by atoms with Crippen LogP contribution in [0.5, 0.6) is 0 Å². The summed E-state index contributed by atoms with van der Waals surface area (Å²) in [6.07, 6.45) is 11.0. The Morgan fingerprint density at radius 3 is 2.21 bits per heavy atom. The van der Waals surface area contributed by atoms with E-state index in [4.69, 9.17) is 4.74 Å². The number of carbonyl (C=O) groups excluding carboxylic acids is 2. The van der Waals surface area contributed by atoms with Crippen LogP contribution < -0.4 is 0 Å². The molecule has 3 nitrogen and oxygen atoms in total. The van der Waals surface area contributed by atoms with Gasteiger partial charge >= 0.3 is 11.9 Å². The molecule has 0 amide bonds. The normalized spacial score (nSPS) is 20.6. The molecule has 19 heavy (non-hydrogen) atoms. The van der Waals surface area contributed by atoms with Crippen LogP contribution >= 0.6 is 0 Å². The highest BCUT2D eigenvalue weighted by atomic mass is 16.6. The van der Waals surface area contributed by atoms with Crippen LogP contribution in [-0.2, 0) is 14.3 Å². The van der Waals surface area contributed by atoms with Gasteiger partial charge in [-0.1, -0.05) is 58.8 Å². The summed E-state index contributed by atoms with van der Waals surface area (Å²) in [6, 6.07) is 0. The van der Waals surface area contributed by atoms with Crippen LogP contribution in [0.1, 0.15) is 78.1 Å². The number of unbranched alkanes of at least 4 members (excludes halogenated alkanes) is 5. The molecule has 110 valence electrons. The minimum atomic E-state index is -0.331. The lowest BCUT2D eigenvalue weighted by atomic mass is 9.83. The standard InChI is InChI=1S/C16H28O3/c1-3-5-7-8-9-11-13(10-6-4-2)14-12-15(17)19-16(14)18/h13-14H,3-12H2,1-2H3. The van der Waals surface area contributed by atoms with Gasteiger partial charge in [0.2, 0.25) is 0 Å². The number of ether oxygens (including phenoxy) is 1. The number of rotatable bonds is 10. The number of hydrogen-bond donors (Lipinski definition) is 0. The second kappa shape index (κ2) is 9.11. The molecule has 1 fully saturated rings. The molecule has 0 aromatic carbocycles. The molecule has 0 bridgehead atoms. The number of cyclic esters (lactones) is 2. The van der Waals surface area contributed by atoms with E-state index in [0.717, 1.165) is 25.7 Å². The Hall–Kier alpha value is -0.860. The lowest BCUT2D eigenvalue weighted by Gasteiger charge is -2.19. The van der Waals surface area contributed by atoms with Crippen LogP contribution in [0.25, 0.3) is 0 Å². The fourth-order valence-electron chi connectivity index (χ4n) is 2.87. The van der Waals surface area contributed by atoms with E-state index in [1.807, 2.05) is 0 Å². The Labute approximate surface area is 117 Å². The van der Waals surface area contributed by atoms with E-state index in [1.165, 1.54) is 32.1 Å². The molecule has 0 aromatic rings. The Kier molecular flexibility index (Phi) is 7.76. The molecule has 0 N–H and O–H groups in total. The minimum Gasteiger partial charge on any atom is -0.393 e. The number of carbonyl (C=O) groups is 2. The monoisotopic (exact) mass is 268 g/mol. The summed E-state index contributed by atoms with van der Waals surface area (Å²) in [5.41, 5.74) is 0. The van der Waals surface area contributed by atoms with Gasteiger partial charge in [0.05, 0.1) is 12.3 Å². The fourth-order valence-corrected chi connectivity index (χ4v) is 2.87. The van der Waals surface area contributed by atoms with Gasteiger partial charge < -0.3 is 4.74 Å². The van der Waals surface area contributed by atoms with Gasteiger partial charge in [0.1, 0.15) is 0 Å². The second-order valence-electron chi connectivity index (χ2n) is 5.71. The molecule has 1 aliphatic rings. The smallest absolute Gasteiger partial charge is 0.317 e. The molecule has 0 aliphatic carbocycles. The molecular formula is C16H28O3. The average Bonchev–Trinajstić information content (AvgIpc) is 2.72. The van der Waals surface area contributed by atoms with Crippen LogP contribution in [0.2, 0.25) is 0 Å². The zero-order valence-corrected chi connectivity index (χ0v) is 12.5. The van der Waals surface area contributed by atoms with E-state index < -0.39 is 0 Å². The summed E-state index contributed by atoms with van der Waals surface area (Å²) < 4.78 is 4.70.